The zero-order chi connectivity index (χ0) is 14.5. The van der Waals surface area contributed by atoms with E-state index < -0.39 is 5.97 Å². The monoisotopic (exact) mass is 268 g/mol. The smallest absolute Gasteiger partial charge is 0.342 e. The standard InChI is InChI=1S/C17H16O3/c1-12(11-13-7-4-3-5-8-13)14-9-6-10-15(18)16(14)17(19)20-2/h3-11,18H,1-2H3/b12-11+. The van der Waals surface area contributed by atoms with E-state index in [2.05, 4.69) is 0 Å². The molecule has 102 valence electrons. The molecule has 0 fully saturated rings. The quantitative estimate of drug-likeness (QED) is 0.681. The van der Waals surface area contributed by atoms with Crippen LogP contribution in [0.25, 0.3) is 11.6 Å². The summed E-state index contributed by atoms with van der Waals surface area (Å²) in [5, 5.41) is 9.88. The molecule has 2 rings (SSSR count). The SMILES string of the molecule is COC(=O)c1c(O)cccc1/C(C)=C/c1ccccc1. The van der Waals surface area contributed by atoms with Crippen LogP contribution in [0.15, 0.2) is 48.5 Å². The molecular weight excluding hydrogens is 252 g/mol. The first kappa shape index (κ1) is 13.9. The van der Waals surface area contributed by atoms with E-state index >= 15 is 0 Å². The second-order valence-corrected chi connectivity index (χ2v) is 4.43. The summed E-state index contributed by atoms with van der Waals surface area (Å²) in [6, 6.07) is 14.8. The number of phenolic OH excluding ortho intramolecular Hbond substituents is 1. The summed E-state index contributed by atoms with van der Waals surface area (Å²) < 4.78 is 4.73. The second-order valence-electron chi connectivity index (χ2n) is 4.43. The van der Waals surface area contributed by atoms with Crippen molar-refractivity contribution in [1.82, 2.24) is 0 Å². The summed E-state index contributed by atoms with van der Waals surface area (Å²) in [5.74, 6) is -0.617. The highest BCUT2D eigenvalue weighted by atomic mass is 16.5. The first-order chi connectivity index (χ1) is 9.63. The fourth-order valence-electron chi connectivity index (χ4n) is 2.06. The Morgan fingerprint density at radius 1 is 1.10 bits per heavy atom. The number of carbonyl (C=O) groups excluding carboxylic acids is 1. The normalized spacial score (nSPS) is 11.2. The number of phenols is 1. The Hall–Kier alpha value is -2.55. The molecule has 1 N–H and O–H groups in total. The summed E-state index contributed by atoms with van der Waals surface area (Å²) in [6.45, 7) is 1.90. The highest BCUT2D eigenvalue weighted by Gasteiger charge is 2.17. The molecule has 0 atom stereocenters. The number of allylic oxidation sites excluding steroid dienone is 1. The number of hydrogen-bond donors (Lipinski definition) is 1. The van der Waals surface area contributed by atoms with Gasteiger partial charge in [0.1, 0.15) is 11.3 Å². The lowest BCUT2D eigenvalue weighted by atomic mass is 9.98. The lowest BCUT2D eigenvalue weighted by Gasteiger charge is -2.10. The van der Waals surface area contributed by atoms with Crippen LogP contribution in [0.4, 0.5) is 0 Å². The van der Waals surface area contributed by atoms with Gasteiger partial charge in [-0.1, -0.05) is 48.5 Å². The molecule has 2 aromatic carbocycles. The maximum absolute atomic E-state index is 11.8. The largest absolute Gasteiger partial charge is 0.507 e. The Bertz CT molecular complexity index is 643. The Labute approximate surface area is 118 Å². The number of hydrogen-bond acceptors (Lipinski definition) is 3. The van der Waals surface area contributed by atoms with Crippen LogP contribution in [0.2, 0.25) is 0 Å². The van der Waals surface area contributed by atoms with Crippen molar-refractivity contribution in [2.45, 2.75) is 6.92 Å². The van der Waals surface area contributed by atoms with E-state index in [0.717, 1.165) is 11.1 Å². The van der Waals surface area contributed by atoms with Gasteiger partial charge in [-0.2, -0.15) is 0 Å². The summed E-state index contributed by atoms with van der Waals surface area (Å²) in [6.07, 6.45) is 1.96. The van der Waals surface area contributed by atoms with E-state index in [9.17, 15) is 9.90 Å². The van der Waals surface area contributed by atoms with Gasteiger partial charge < -0.3 is 9.84 Å². The van der Waals surface area contributed by atoms with Crippen LogP contribution in [-0.4, -0.2) is 18.2 Å². The number of benzene rings is 2. The summed E-state index contributed by atoms with van der Waals surface area (Å²) in [7, 11) is 1.30. The van der Waals surface area contributed by atoms with Crippen molar-refractivity contribution >= 4 is 17.6 Å². The molecular formula is C17H16O3. The number of carbonyl (C=O) groups is 1. The Morgan fingerprint density at radius 2 is 1.80 bits per heavy atom. The second kappa shape index (κ2) is 6.06. The molecule has 0 spiro atoms. The minimum atomic E-state index is -0.543. The zero-order valence-corrected chi connectivity index (χ0v) is 11.5. The van der Waals surface area contributed by atoms with E-state index in [1.54, 1.807) is 12.1 Å². The number of ether oxygens (including phenoxy) is 1. The van der Waals surface area contributed by atoms with Crippen molar-refractivity contribution in [3.63, 3.8) is 0 Å². The molecule has 0 amide bonds. The predicted octanol–water partition coefficient (Wildman–Crippen LogP) is 3.74. The lowest BCUT2D eigenvalue weighted by Crippen LogP contribution is -2.05. The van der Waals surface area contributed by atoms with Crippen LogP contribution in [-0.2, 0) is 4.74 Å². The third kappa shape index (κ3) is 2.88. The van der Waals surface area contributed by atoms with Gasteiger partial charge in [0.25, 0.3) is 0 Å². The van der Waals surface area contributed by atoms with E-state index in [-0.39, 0.29) is 11.3 Å². The molecule has 0 unspecified atom stereocenters. The molecule has 0 bridgehead atoms. The van der Waals surface area contributed by atoms with Crippen molar-refractivity contribution < 1.29 is 14.6 Å². The van der Waals surface area contributed by atoms with Gasteiger partial charge in [0.15, 0.2) is 0 Å². The number of methoxy groups -OCH3 is 1. The maximum Gasteiger partial charge on any atom is 0.342 e. The average molecular weight is 268 g/mol. The van der Waals surface area contributed by atoms with Crippen molar-refractivity contribution in [1.29, 1.82) is 0 Å². The summed E-state index contributed by atoms with van der Waals surface area (Å²) in [5.41, 5.74) is 2.78. The Balaban J connectivity index is 2.50. The fourth-order valence-corrected chi connectivity index (χ4v) is 2.06. The molecule has 3 nitrogen and oxygen atoms in total. The van der Waals surface area contributed by atoms with Crippen LogP contribution >= 0.6 is 0 Å². The number of rotatable bonds is 3. The summed E-state index contributed by atoms with van der Waals surface area (Å²) >= 11 is 0. The van der Waals surface area contributed by atoms with E-state index in [1.807, 2.05) is 43.3 Å². The van der Waals surface area contributed by atoms with E-state index in [0.29, 0.717) is 5.56 Å². The van der Waals surface area contributed by atoms with Crippen molar-refractivity contribution in [3.8, 4) is 5.75 Å². The van der Waals surface area contributed by atoms with Crippen LogP contribution in [0.5, 0.6) is 5.75 Å². The molecule has 2 aromatic rings. The van der Waals surface area contributed by atoms with Gasteiger partial charge in [0, 0.05) is 0 Å². The number of esters is 1. The van der Waals surface area contributed by atoms with Crippen LogP contribution in [0.3, 0.4) is 0 Å². The fraction of sp³-hybridized carbons (Fsp3) is 0.118. The van der Waals surface area contributed by atoms with Crippen LogP contribution in [0, 0.1) is 0 Å². The van der Waals surface area contributed by atoms with E-state index in [4.69, 9.17) is 4.74 Å². The lowest BCUT2D eigenvalue weighted by molar-refractivity contribution is 0.0597. The van der Waals surface area contributed by atoms with Crippen molar-refractivity contribution in [2.24, 2.45) is 0 Å². The highest BCUT2D eigenvalue weighted by molar-refractivity contribution is 5.99. The molecule has 0 saturated heterocycles. The Kier molecular flexibility index (Phi) is 4.20. The molecule has 0 heterocycles. The third-order valence-electron chi connectivity index (χ3n) is 3.04. The summed E-state index contributed by atoms with van der Waals surface area (Å²) in [4.78, 5) is 11.8. The highest BCUT2D eigenvalue weighted by Crippen LogP contribution is 2.28. The van der Waals surface area contributed by atoms with Gasteiger partial charge in [0.05, 0.1) is 7.11 Å². The minimum absolute atomic E-state index is 0.0739. The molecule has 20 heavy (non-hydrogen) atoms. The number of aromatic hydroxyl groups is 1. The first-order valence-electron chi connectivity index (χ1n) is 6.27. The third-order valence-corrected chi connectivity index (χ3v) is 3.04. The molecule has 0 aliphatic rings. The molecule has 0 aliphatic carbocycles. The first-order valence-corrected chi connectivity index (χ1v) is 6.27. The average Bonchev–Trinajstić information content (AvgIpc) is 2.47. The molecule has 3 heteroatoms. The van der Waals surface area contributed by atoms with Crippen molar-refractivity contribution in [3.05, 3.63) is 65.2 Å². The van der Waals surface area contributed by atoms with Gasteiger partial charge >= 0.3 is 5.97 Å². The molecule has 0 saturated carbocycles. The molecule has 0 aliphatic heterocycles. The van der Waals surface area contributed by atoms with Gasteiger partial charge in [-0.25, -0.2) is 4.79 Å². The molecule has 0 aromatic heterocycles. The van der Waals surface area contributed by atoms with Gasteiger partial charge in [-0.15, -0.1) is 0 Å². The van der Waals surface area contributed by atoms with Crippen LogP contribution < -0.4 is 0 Å². The van der Waals surface area contributed by atoms with Gasteiger partial charge in [-0.05, 0) is 29.7 Å². The molecule has 0 radical (unpaired) electrons. The Morgan fingerprint density at radius 3 is 2.45 bits per heavy atom. The van der Waals surface area contributed by atoms with Crippen LogP contribution in [0.1, 0.15) is 28.4 Å². The maximum atomic E-state index is 11.8. The van der Waals surface area contributed by atoms with E-state index in [1.165, 1.54) is 13.2 Å². The van der Waals surface area contributed by atoms with Crippen molar-refractivity contribution in [2.75, 3.05) is 7.11 Å². The minimum Gasteiger partial charge on any atom is -0.507 e. The van der Waals surface area contributed by atoms with Gasteiger partial charge in [0.2, 0.25) is 0 Å². The predicted molar refractivity (Wildman–Crippen MR) is 79.4 cm³/mol. The topological polar surface area (TPSA) is 46.5 Å². The van der Waals surface area contributed by atoms with Gasteiger partial charge in [-0.3, -0.25) is 0 Å². The zero-order valence-electron chi connectivity index (χ0n) is 11.5.